The van der Waals surface area contributed by atoms with Gasteiger partial charge in [-0.1, -0.05) is 24.6 Å². The topological polar surface area (TPSA) is 54.4 Å². The summed E-state index contributed by atoms with van der Waals surface area (Å²) in [6, 6.07) is 11.3. The molecule has 114 valence electrons. The van der Waals surface area contributed by atoms with E-state index < -0.39 is 0 Å². The highest BCUT2D eigenvalue weighted by atomic mass is 16.3. The molecule has 4 nitrogen and oxygen atoms in total. The molecule has 1 aromatic carbocycles. The molecule has 3 unspecified atom stereocenters. The van der Waals surface area contributed by atoms with Crippen LogP contribution in [0.4, 0.5) is 0 Å². The van der Waals surface area contributed by atoms with Crippen LogP contribution in [0.3, 0.4) is 0 Å². The fourth-order valence-corrected chi connectivity index (χ4v) is 3.26. The van der Waals surface area contributed by atoms with Crippen molar-refractivity contribution in [2.75, 3.05) is 6.54 Å². The second-order valence-corrected chi connectivity index (χ2v) is 6.14. The van der Waals surface area contributed by atoms with E-state index in [2.05, 4.69) is 36.4 Å². The van der Waals surface area contributed by atoms with E-state index in [4.69, 9.17) is 10.2 Å². The van der Waals surface area contributed by atoms with E-state index in [0.29, 0.717) is 18.6 Å². The Hall–Kier alpha value is -1.36. The zero-order valence-electron chi connectivity index (χ0n) is 12.9. The molecule has 0 aliphatic carbocycles. The summed E-state index contributed by atoms with van der Waals surface area (Å²) in [5.74, 6) is 0.920. The monoisotopic (exact) mass is 287 g/mol. The minimum absolute atomic E-state index is 0.0281. The first-order valence-electron chi connectivity index (χ1n) is 7.92. The van der Waals surface area contributed by atoms with E-state index >= 15 is 0 Å². The van der Waals surface area contributed by atoms with Gasteiger partial charge in [0, 0.05) is 24.0 Å². The van der Waals surface area contributed by atoms with Crippen molar-refractivity contribution < 1.29 is 4.42 Å². The summed E-state index contributed by atoms with van der Waals surface area (Å²) >= 11 is 0. The van der Waals surface area contributed by atoms with E-state index in [9.17, 15) is 0 Å². The quantitative estimate of drug-likeness (QED) is 0.906. The maximum absolute atomic E-state index is 5.99. The van der Waals surface area contributed by atoms with E-state index in [0.717, 1.165) is 16.7 Å². The van der Waals surface area contributed by atoms with Gasteiger partial charge < -0.3 is 10.2 Å². The van der Waals surface area contributed by atoms with Gasteiger partial charge in [0.25, 0.3) is 0 Å². The van der Waals surface area contributed by atoms with Crippen LogP contribution < -0.4 is 11.2 Å². The molecule has 2 heterocycles. The number of piperidine rings is 1. The van der Waals surface area contributed by atoms with E-state index in [1.165, 1.54) is 19.3 Å². The van der Waals surface area contributed by atoms with Crippen molar-refractivity contribution in [2.45, 2.75) is 51.2 Å². The number of hydrogen-bond donors (Lipinski definition) is 2. The maximum atomic E-state index is 5.99. The molecule has 4 heteroatoms. The molecule has 1 saturated heterocycles. The van der Waals surface area contributed by atoms with Crippen LogP contribution in [0.2, 0.25) is 0 Å². The third kappa shape index (κ3) is 2.98. The van der Waals surface area contributed by atoms with Crippen LogP contribution in [-0.2, 0) is 0 Å². The number of fused-ring (bicyclic) bond motifs is 1. The molecule has 1 aliphatic heterocycles. The van der Waals surface area contributed by atoms with Gasteiger partial charge in [-0.05, 0) is 38.8 Å². The largest absolute Gasteiger partial charge is 0.459 e. The normalized spacial score (nSPS) is 25.3. The second-order valence-electron chi connectivity index (χ2n) is 6.14. The van der Waals surface area contributed by atoms with E-state index in [1.807, 2.05) is 18.2 Å². The average Bonchev–Trinajstić information content (AvgIpc) is 2.90. The summed E-state index contributed by atoms with van der Waals surface area (Å²) in [6.45, 7) is 5.07. The molecular formula is C17H25N3O. The van der Waals surface area contributed by atoms with Crippen molar-refractivity contribution >= 4 is 11.0 Å². The van der Waals surface area contributed by atoms with E-state index in [-0.39, 0.29) is 6.04 Å². The smallest absolute Gasteiger partial charge is 0.134 e. The highest BCUT2D eigenvalue weighted by Gasteiger charge is 2.27. The Morgan fingerprint density at radius 1 is 1.29 bits per heavy atom. The fourth-order valence-electron chi connectivity index (χ4n) is 3.26. The Labute approximate surface area is 126 Å². The first-order valence-corrected chi connectivity index (χ1v) is 7.92. The van der Waals surface area contributed by atoms with Crippen LogP contribution >= 0.6 is 0 Å². The van der Waals surface area contributed by atoms with Gasteiger partial charge in [0.1, 0.15) is 11.3 Å². The minimum Gasteiger partial charge on any atom is -0.459 e. The summed E-state index contributed by atoms with van der Waals surface area (Å²) in [5.41, 5.74) is 10.5. The number of benzene rings is 1. The van der Waals surface area contributed by atoms with Gasteiger partial charge in [-0.3, -0.25) is 0 Å². The first-order chi connectivity index (χ1) is 10.2. The average molecular weight is 287 g/mol. The SMILES string of the molecule is CC1CCCC(C)N1NC(CN)c1cc2ccccc2o1. The van der Waals surface area contributed by atoms with Crippen molar-refractivity contribution in [3.63, 3.8) is 0 Å². The van der Waals surface area contributed by atoms with Gasteiger partial charge in [0.2, 0.25) is 0 Å². The van der Waals surface area contributed by atoms with Crippen molar-refractivity contribution in [2.24, 2.45) is 5.73 Å². The van der Waals surface area contributed by atoms with Crippen LogP contribution in [0, 0.1) is 0 Å². The Morgan fingerprint density at radius 2 is 2.00 bits per heavy atom. The van der Waals surface area contributed by atoms with Crippen molar-refractivity contribution in [3.05, 3.63) is 36.1 Å². The predicted octanol–water partition coefficient (Wildman–Crippen LogP) is 3.20. The molecular weight excluding hydrogens is 262 g/mol. The number of nitrogens with one attached hydrogen (secondary N) is 1. The summed E-state index contributed by atoms with van der Waals surface area (Å²) < 4.78 is 5.96. The van der Waals surface area contributed by atoms with Gasteiger partial charge >= 0.3 is 0 Å². The highest BCUT2D eigenvalue weighted by molar-refractivity contribution is 5.77. The molecule has 2 aromatic rings. The molecule has 3 rings (SSSR count). The molecule has 1 aliphatic rings. The van der Waals surface area contributed by atoms with Crippen LogP contribution in [0.5, 0.6) is 0 Å². The van der Waals surface area contributed by atoms with Crippen LogP contribution in [0.15, 0.2) is 34.7 Å². The Morgan fingerprint density at radius 3 is 2.67 bits per heavy atom. The number of para-hydroxylation sites is 1. The second kappa shape index (κ2) is 6.18. The molecule has 0 bridgehead atoms. The number of nitrogens with zero attached hydrogens (tertiary/aromatic N) is 1. The zero-order chi connectivity index (χ0) is 14.8. The molecule has 21 heavy (non-hydrogen) atoms. The highest BCUT2D eigenvalue weighted by Crippen LogP contribution is 2.26. The lowest BCUT2D eigenvalue weighted by atomic mass is 9.99. The first kappa shape index (κ1) is 14.6. The van der Waals surface area contributed by atoms with Gasteiger partial charge in [-0.2, -0.15) is 0 Å². The Bertz CT molecular complexity index is 551. The third-order valence-corrected chi connectivity index (χ3v) is 4.52. The minimum atomic E-state index is 0.0281. The van der Waals surface area contributed by atoms with E-state index in [1.54, 1.807) is 0 Å². The number of nitrogens with two attached hydrogens (primary N) is 1. The summed E-state index contributed by atoms with van der Waals surface area (Å²) in [7, 11) is 0. The molecule has 0 saturated carbocycles. The molecule has 3 N–H and O–H groups in total. The lowest BCUT2D eigenvalue weighted by Crippen LogP contribution is -2.54. The summed E-state index contributed by atoms with van der Waals surface area (Å²) in [6.07, 6.45) is 3.77. The molecule has 0 radical (unpaired) electrons. The summed E-state index contributed by atoms with van der Waals surface area (Å²) in [4.78, 5) is 0. The van der Waals surface area contributed by atoms with Gasteiger partial charge in [-0.15, -0.1) is 0 Å². The van der Waals surface area contributed by atoms with Gasteiger partial charge in [0.05, 0.1) is 6.04 Å². The molecule has 3 atom stereocenters. The number of rotatable bonds is 4. The third-order valence-electron chi connectivity index (χ3n) is 4.52. The molecule has 1 fully saturated rings. The van der Waals surface area contributed by atoms with Crippen LogP contribution in [0.1, 0.15) is 44.9 Å². The fraction of sp³-hybridized carbons (Fsp3) is 0.529. The molecule has 0 amide bonds. The van der Waals surface area contributed by atoms with Gasteiger partial charge in [-0.25, -0.2) is 10.4 Å². The lowest BCUT2D eigenvalue weighted by Gasteiger charge is -2.40. The maximum Gasteiger partial charge on any atom is 0.134 e. The van der Waals surface area contributed by atoms with Crippen molar-refractivity contribution in [3.8, 4) is 0 Å². The lowest BCUT2D eigenvalue weighted by molar-refractivity contribution is 0.0272. The number of hydrazine groups is 1. The Kier molecular flexibility index (Phi) is 4.29. The van der Waals surface area contributed by atoms with Crippen LogP contribution in [-0.4, -0.2) is 23.6 Å². The molecule has 0 spiro atoms. The number of hydrogen-bond acceptors (Lipinski definition) is 4. The summed E-state index contributed by atoms with van der Waals surface area (Å²) in [5, 5.41) is 3.49. The predicted molar refractivity (Wildman–Crippen MR) is 85.8 cm³/mol. The zero-order valence-corrected chi connectivity index (χ0v) is 12.9. The van der Waals surface area contributed by atoms with Crippen LogP contribution in [0.25, 0.3) is 11.0 Å². The molecule has 1 aromatic heterocycles. The Balaban J connectivity index is 1.80. The number of furan rings is 1. The van der Waals surface area contributed by atoms with Gasteiger partial charge in [0.15, 0.2) is 0 Å². The van der Waals surface area contributed by atoms with Crippen molar-refractivity contribution in [1.82, 2.24) is 10.4 Å². The van der Waals surface area contributed by atoms with Crippen molar-refractivity contribution in [1.29, 1.82) is 0 Å². The standard InChI is InChI=1S/C17H25N3O/c1-12-6-5-7-13(2)20(12)19-15(11-18)17-10-14-8-3-4-9-16(14)21-17/h3-4,8-10,12-13,15,19H,5-7,11,18H2,1-2H3.